The van der Waals surface area contributed by atoms with Crippen LogP contribution in [0, 0.1) is 5.92 Å². The van der Waals surface area contributed by atoms with E-state index >= 15 is 0 Å². The van der Waals surface area contributed by atoms with Gasteiger partial charge in [-0.25, -0.2) is 0 Å². The van der Waals surface area contributed by atoms with E-state index in [-0.39, 0.29) is 0 Å². The zero-order valence-corrected chi connectivity index (χ0v) is 29.8. The fraction of sp³-hybridized carbons (Fsp3) is 0.0370. The quantitative estimate of drug-likeness (QED) is 0.128. The smallest absolute Gasteiger partial charge is 0.00561 e. The third kappa shape index (κ3) is 4.99. The molecule has 0 radical (unpaired) electrons. The molecule has 0 bridgehead atoms. The Kier molecular flexibility index (Phi) is 7.10. The molecule has 0 amide bonds. The van der Waals surface area contributed by atoms with Crippen molar-refractivity contribution in [2.45, 2.75) is 6.42 Å². The lowest BCUT2D eigenvalue weighted by Gasteiger charge is -2.22. The minimum atomic E-state index is 0.494. The van der Waals surface area contributed by atoms with Crippen molar-refractivity contribution in [3.05, 3.63) is 211 Å². The van der Waals surface area contributed by atoms with Crippen molar-refractivity contribution in [1.82, 2.24) is 0 Å². The molecule has 2 aliphatic carbocycles. The van der Waals surface area contributed by atoms with Gasteiger partial charge in [0.1, 0.15) is 0 Å². The Morgan fingerprint density at radius 3 is 1.83 bits per heavy atom. The summed E-state index contributed by atoms with van der Waals surface area (Å²) in [6.45, 7) is 0. The van der Waals surface area contributed by atoms with E-state index in [1.807, 2.05) is 0 Å². The van der Waals surface area contributed by atoms with Gasteiger partial charge in [-0.05, 0) is 129 Å². The lowest BCUT2D eigenvalue weighted by Crippen LogP contribution is -2.05. The molecule has 0 N–H and O–H groups in total. The number of rotatable bonds is 4. The molecule has 252 valence electrons. The average molecular weight is 685 g/mol. The highest BCUT2D eigenvalue weighted by atomic mass is 14.2. The Morgan fingerprint density at radius 2 is 1.00 bits per heavy atom. The highest BCUT2D eigenvalue weighted by Gasteiger charge is 2.21. The maximum absolute atomic E-state index is 2.45. The van der Waals surface area contributed by atoms with E-state index in [1.165, 1.54) is 104 Å². The first kappa shape index (κ1) is 30.8. The van der Waals surface area contributed by atoms with Crippen LogP contribution in [0.3, 0.4) is 0 Å². The van der Waals surface area contributed by atoms with E-state index in [0.29, 0.717) is 5.92 Å². The fourth-order valence-electron chi connectivity index (χ4n) is 9.08. The average Bonchev–Trinajstić information content (AvgIpc) is 3.25. The van der Waals surface area contributed by atoms with Crippen molar-refractivity contribution in [2.24, 2.45) is 5.92 Å². The summed E-state index contributed by atoms with van der Waals surface area (Å²) in [5.74, 6) is 0.494. The van der Waals surface area contributed by atoms with Gasteiger partial charge in [0.2, 0.25) is 0 Å². The number of hydrogen-bond donors (Lipinski definition) is 0. The van der Waals surface area contributed by atoms with Crippen LogP contribution in [-0.2, 0) is 0 Å². The largest absolute Gasteiger partial charge is 0.0767 e. The first-order valence-electron chi connectivity index (χ1n) is 19.0. The van der Waals surface area contributed by atoms with Crippen LogP contribution in [-0.4, -0.2) is 0 Å². The summed E-state index contributed by atoms with van der Waals surface area (Å²) in [5.41, 5.74) is 11.5. The molecule has 54 heavy (non-hydrogen) atoms. The summed E-state index contributed by atoms with van der Waals surface area (Å²) in [6, 6.07) is 61.1. The van der Waals surface area contributed by atoms with E-state index in [4.69, 9.17) is 0 Å². The molecule has 9 aromatic carbocycles. The summed E-state index contributed by atoms with van der Waals surface area (Å²) in [5, 5.41) is 12.7. The molecule has 0 nitrogen and oxygen atoms in total. The van der Waals surface area contributed by atoms with Gasteiger partial charge in [0.25, 0.3) is 0 Å². The van der Waals surface area contributed by atoms with Crippen LogP contribution in [0.25, 0.3) is 92.8 Å². The summed E-state index contributed by atoms with van der Waals surface area (Å²) in [4.78, 5) is 0. The summed E-state index contributed by atoms with van der Waals surface area (Å²) >= 11 is 0. The third-order valence-corrected chi connectivity index (χ3v) is 11.7. The Morgan fingerprint density at radius 1 is 0.389 bits per heavy atom. The number of benzene rings is 9. The van der Waals surface area contributed by atoms with Gasteiger partial charge in [0.15, 0.2) is 0 Å². The van der Waals surface area contributed by atoms with E-state index in [9.17, 15) is 0 Å². The molecule has 1 atom stereocenters. The van der Waals surface area contributed by atoms with Crippen molar-refractivity contribution >= 4 is 59.4 Å². The lowest BCUT2D eigenvalue weighted by atomic mass is 9.82. The van der Waals surface area contributed by atoms with Gasteiger partial charge in [-0.3, -0.25) is 0 Å². The van der Waals surface area contributed by atoms with Crippen molar-refractivity contribution in [3.8, 4) is 33.4 Å². The molecular weight excluding hydrogens is 649 g/mol. The van der Waals surface area contributed by atoms with Gasteiger partial charge in [-0.2, -0.15) is 0 Å². The Labute approximate surface area is 315 Å². The highest BCUT2D eigenvalue weighted by molar-refractivity contribution is 6.26. The van der Waals surface area contributed by atoms with Crippen LogP contribution in [0.5, 0.6) is 0 Å². The minimum absolute atomic E-state index is 0.494. The van der Waals surface area contributed by atoms with Crippen LogP contribution in [0.1, 0.15) is 12.0 Å². The highest BCUT2D eigenvalue weighted by Crippen LogP contribution is 2.48. The van der Waals surface area contributed by atoms with Crippen LogP contribution < -0.4 is 0 Å². The van der Waals surface area contributed by atoms with Gasteiger partial charge in [-0.15, -0.1) is 0 Å². The topological polar surface area (TPSA) is 0 Å². The predicted molar refractivity (Wildman–Crippen MR) is 233 cm³/mol. The monoisotopic (exact) mass is 684 g/mol. The van der Waals surface area contributed by atoms with E-state index in [2.05, 4.69) is 200 Å². The van der Waals surface area contributed by atoms with Crippen molar-refractivity contribution in [2.75, 3.05) is 0 Å². The normalized spacial score (nSPS) is 15.2. The Balaban J connectivity index is 1.18. The van der Waals surface area contributed by atoms with Crippen LogP contribution in [0.4, 0.5) is 0 Å². The molecule has 11 rings (SSSR count). The zero-order chi connectivity index (χ0) is 35.6. The van der Waals surface area contributed by atoms with Crippen LogP contribution in [0.2, 0.25) is 0 Å². The molecule has 1 unspecified atom stereocenters. The molecule has 2 aliphatic rings. The molecule has 0 heterocycles. The van der Waals surface area contributed by atoms with Gasteiger partial charge in [-0.1, -0.05) is 182 Å². The molecule has 0 spiro atoms. The van der Waals surface area contributed by atoms with Crippen molar-refractivity contribution in [3.63, 3.8) is 0 Å². The lowest BCUT2D eigenvalue weighted by molar-refractivity contribution is 0.783. The molecule has 0 aromatic heterocycles. The number of fused-ring (bicyclic) bond motifs is 7. The van der Waals surface area contributed by atoms with Gasteiger partial charge < -0.3 is 0 Å². The van der Waals surface area contributed by atoms with Gasteiger partial charge >= 0.3 is 0 Å². The first-order chi connectivity index (χ1) is 26.8. The summed E-state index contributed by atoms with van der Waals surface area (Å²) in [6.07, 6.45) is 14.7. The first-order valence-corrected chi connectivity index (χ1v) is 19.0. The molecule has 0 aliphatic heterocycles. The molecular formula is C54H36. The summed E-state index contributed by atoms with van der Waals surface area (Å²) < 4.78 is 0. The second-order valence-electron chi connectivity index (χ2n) is 14.8. The van der Waals surface area contributed by atoms with Gasteiger partial charge in [0.05, 0.1) is 0 Å². The van der Waals surface area contributed by atoms with Crippen LogP contribution in [0.15, 0.2) is 206 Å². The van der Waals surface area contributed by atoms with E-state index < -0.39 is 0 Å². The van der Waals surface area contributed by atoms with E-state index in [0.717, 1.165) is 6.42 Å². The third-order valence-electron chi connectivity index (χ3n) is 11.7. The predicted octanol–water partition coefficient (Wildman–Crippen LogP) is 14.9. The van der Waals surface area contributed by atoms with E-state index in [1.54, 1.807) is 0 Å². The standard InChI is InChI=1S/C54H36/c1-3-13-39-31-41(27-23-35(39)11-1)37-21-25-38(26-22-37)53-48-19-9-10-20-49(48)54(51-34-44-15-5-6-16-45(44)46-17-7-8-18-47(46)51)52-33-43(29-30-50(52)53)42-28-24-36-12-2-4-14-40(36)32-42/h1-22,24-35H,23H2. The maximum Gasteiger partial charge on any atom is 0.00561 e. The Hall–Kier alpha value is -6.76. The molecule has 0 fully saturated rings. The zero-order valence-electron chi connectivity index (χ0n) is 29.8. The molecule has 0 saturated heterocycles. The fourth-order valence-corrected chi connectivity index (χ4v) is 9.08. The second-order valence-corrected chi connectivity index (χ2v) is 14.8. The SMILES string of the molecule is C1=CC2=CC(c3ccc(-c4c5ccccc5c(-c5cc6ccccc6c6ccccc56)c5cc(-c6ccc7ccccc7c6)ccc45)cc3)=CCC2C=C1. The number of hydrogen-bond acceptors (Lipinski definition) is 0. The molecule has 9 aromatic rings. The second kappa shape index (κ2) is 12.4. The summed E-state index contributed by atoms with van der Waals surface area (Å²) in [7, 11) is 0. The molecule has 0 heteroatoms. The van der Waals surface area contributed by atoms with Gasteiger partial charge in [0, 0.05) is 5.92 Å². The molecule has 0 saturated carbocycles. The van der Waals surface area contributed by atoms with Crippen molar-refractivity contribution < 1.29 is 0 Å². The van der Waals surface area contributed by atoms with Crippen molar-refractivity contribution in [1.29, 1.82) is 0 Å². The minimum Gasteiger partial charge on any atom is -0.0767 e. The maximum atomic E-state index is 2.45. The Bertz CT molecular complexity index is 3110. The van der Waals surface area contributed by atoms with Crippen LogP contribution >= 0.6 is 0 Å². The number of allylic oxidation sites excluding steroid dienone is 8.